The van der Waals surface area contributed by atoms with Crippen molar-refractivity contribution in [1.82, 2.24) is 14.6 Å². The van der Waals surface area contributed by atoms with E-state index in [2.05, 4.69) is 45.8 Å². The third-order valence-electron chi connectivity index (χ3n) is 3.26. The number of pyridine rings is 1. The molecule has 0 aliphatic heterocycles. The first kappa shape index (κ1) is 11.2. The lowest BCUT2D eigenvalue weighted by molar-refractivity contribution is 0.775. The maximum absolute atomic E-state index is 5.57. The third kappa shape index (κ3) is 1.66. The van der Waals surface area contributed by atoms with Crippen LogP contribution in [0, 0.1) is 6.92 Å². The summed E-state index contributed by atoms with van der Waals surface area (Å²) in [4.78, 5) is 0. The Labute approximate surface area is 105 Å². The van der Waals surface area contributed by atoms with Gasteiger partial charge < -0.3 is 5.73 Å². The largest absolute Gasteiger partial charge is 0.330 e. The van der Waals surface area contributed by atoms with Crippen molar-refractivity contribution in [3.63, 3.8) is 0 Å². The molecule has 3 aromatic rings. The van der Waals surface area contributed by atoms with Crippen molar-refractivity contribution >= 4 is 16.6 Å². The van der Waals surface area contributed by atoms with Crippen LogP contribution in [0.2, 0.25) is 0 Å². The van der Waals surface area contributed by atoms with Crippen LogP contribution in [0.15, 0.2) is 30.3 Å². The smallest absolute Gasteiger partial charge is 0.161 e. The second-order valence-electron chi connectivity index (χ2n) is 4.55. The molecule has 3 rings (SSSR count). The molecule has 0 amide bonds. The molecule has 2 aromatic heterocycles. The number of benzene rings is 1. The van der Waals surface area contributed by atoms with E-state index in [1.807, 2.05) is 6.07 Å². The SMILES string of the molecule is Cc1cccc2ccc3nnc(CCCN)n3c12. The summed E-state index contributed by atoms with van der Waals surface area (Å²) in [6, 6.07) is 10.4. The van der Waals surface area contributed by atoms with E-state index in [9.17, 15) is 0 Å². The maximum Gasteiger partial charge on any atom is 0.161 e. The minimum absolute atomic E-state index is 0.679. The van der Waals surface area contributed by atoms with Crippen molar-refractivity contribution in [2.75, 3.05) is 6.54 Å². The topological polar surface area (TPSA) is 56.2 Å². The van der Waals surface area contributed by atoms with Crippen LogP contribution in [0.5, 0.6) is 0 Å². The highest BCUT2D eigenvalue weighted by atomic mass is 15.2. The van der Waals surface area contributed by atoms with E-state index in [1.54, 1.807) is 0 Å². The molecule has 0 atom stereocenters. The fourth-order valence-electron chi connectivity index (χ4n) is 2.39. The molecule has 4 heteroatoms. The highest BCUT2D eigenvalue weighted by Crippen LogP contribution is 2.21. The van der Waals surface area contributed by atoms with E-state index < -0.39 is 0 Å². The monoisotopic (exact) mass is 240 g/mol. The molecular formula is C14H16N4. The molecule has 0 fully saturated rings. The van der Waals surface area contributed by atoms with Gasteiger partial charge in [0, 0.05) is 6.42 Å². The summed E-state index contributed by atoms with van der Waals surface area (Å²) >= 11 is 0. The van der Waals surface area contributed by atoms with Crippen molar-refractivity contribution < 1.29 is 0 Å². The number of nitrogens with two attached hydrogens (primary N) is 1. The van der Waals surface area contributed by atoms with Crippen LogP contribution in [0.3, 0.4) is 0 Å². The average Bonchev–Trinajstić information content (AvgIpc) is 2.79. The van der Waals surface area contributed by atoms with Crippen molar-refractivity contribution in [2.45, 2.75) is 19.8 Å². The number of aromatic nitrogens is 3. The summed E-state index contributed by atoms with van der Waals surface area (Å²) < 4.78 is 2.15. The standard InChI is InChI=1S/C14H16N4/c1-10-4-2-5-11-7-8-13-17-16-12(6-3-9-15)18(13)14(10)11/h2,4-5,7-8H,3,6,9,15H2,1H3. The van der Waals surface area contributed by atoms with E-state index in [0.29, 0.717) is 6.54 Å². The van der Waals surface area contributed by atoms with Crippen LogP contribution in [-0.2, 0) is 6.42 Å². The van der Waals surface area contributed by atoms with Gasteiger partial charge in [-0.2, -0.15) is 0 Å². The summed E-state index contributed by atoms with van der Waals surface area (Å²) in [7, 11) is 0. The van der Waals surface area contributed by atoms with Crippen LogP contribution in [0.25, 0.3) is 16.6 Å². The molecule has 0 unspecified atom stereocenters. The molecule has 1 aromatic carbocycles. The lowest BCUT2D eigenvalue weighted by Gasteiger charge is -2.07. The van der Waals surface area contributed by atoms with Gasteiger partial charge in [-0.15, -0.1) is 10.2 Å². The van der Waals surface area contributed by atoms with Crippen molar-refractivity contribution in [1.29, 1.82) is 0 Å². The number of hydrogen-bond donors (Lipinski definition) is 1. The van der Waals surface area contributed by atoms with Gasteiger partial charge in [-0.1, -0.05) is 18.2 Å². The Hall–Kier alpha value is -1.94. The summed E-state index contributed by atoms with van der Waals surface area (Å²) in [5.41, 5.74) is 8.92. The fourth-order valence-corrected chi connectivity index (χ4v) is 2.39. The summed E-state index contributed by atoms with van der Waals surface area (Å²) in [6.07, 6.45) is 1.80. The van der Waals surface area contributed by atoms with Gasteiger partial charge in [0.15, 0.2) is 5.65 Å². The zero-order valence-electron chi connectivity index (χ0n) is 10.4. The molecule has 0 spiro atoms. The Kier molecular flexibility index (Phi) is 2.72. The molecule has 92 valence electrons. The summed E-state index contributed by atoms with van der Waals surface area (Å²) in [6.45, 7) is 2.80. The number of para-hydroxylation sites is 1. The number of hydrogen-bond acceptors (Lipinski definition) is 3. The van der Waals surface area contributed by atoms with Crippen molar-refractivity contribution in [2.24, 2.45) is 5.73 Å². The first-order chi connectivity index (χ1) is 8.81. The number of aryl methyl sites for hydroxylation is 2. The molecule has 18 heavy (non-hydrogen) atoms. The Balaban J connectivity index is 2.33. The average molecular weight is 240 g/mol. The number of rotatable bonds is 3. The molecule has 0 saturated heterocycles. The minimum atomic E-state index is 0.679. The van der Waals surface area contributed by atoms with Gasteiger partial charge in [-0.3, -0.25) is 4.40 Å². The van der Waals surface area contributed by atoms with Crippen molar-refractivity contribution in [3.05, 3.63) is 41.7 Å². The van der Waals surface area contributed by atoms with Crippen LogP contribution >= 0.6 is 0 Å². The predicted octanol–water partition coefficient (Wildman–Crippen LogP) is 2.08. The zero-order chi connectivity index (χ0) is 12.5. The normalized spacial score (nSPS) is 11.4. The maximum atomic E-state index is 5.57. The molecule has 2 N–H and O–H groups in total. The predicted molar refractivity (Wildman–Crippen MR) is 72.6 cm³/mol. The second-order valence-corrected chi connectivity index (χ2v) is 4.55. The molecule has 2 heterocycles. The summed E-state index contributed by atoms with van der Waals surface area (Å²) in [5, 5.41) is 9.74. The molecule has 0 saturated carbocycles. The first-order valence-electron chi connectivity index (χ1n) is 6.23. The fraction of sp³-hybridized carbons (Fsp3) is 0.286. The molecule has 0 radical (unpaired) electrons. The Morgan fingerprint density at radius 2 is 2.06 bits per heavy atom. The van der Waals surface area contributed by atoms with E-state index in [0.717, 1.165) is 24.3 Å². The zero-order valence-corrected chi connectivity index (χ0v) is 10.4. The van der Waals surface area contributed by atoms with Crippen LogP contribution < -0.4 is 5.73 Å². The minimum Gasteiger partial charge on any atom is -0.330 e. The van der Waals surface area contributed by atoms with E-state index in [1.165, 1.54) is 16.5 Å². The van der Waals surface area contributed by atoms with E-state index in [-0.39, 0.29) is 0 Å². The van der Waals surface area contributed by atoms with Gasteiger partial charge in [-0.25, -0.2) is 0 Å². The Bertz CT molecular complexity index is 699. The van der Waals surface area contributed by atoms with Crippen LogP contribution in [0.4, 0.5) is 0 Å². The quantitative estimate of drug-likeness (QED) is 0.762. The van der Waals surface area contributed by atoms with E-state index >= 15 is 0 Å². The molecule has 0 aliphatic rings. The van der Waals surface area contributed by atoms with Crippen molar-refractivity contribution in [3.8, 4) is 0 Å². The van der Waals surface area contributed by atoms with Gasteiger partial charge in [0.2, 0.25) is 0 Å². The van der Waals surface area contributed by atoms with E-state index in [4.69, 9.17) is 5.73 Å². The van der Waals surface area contributed by atoms with Crippen LogP contribution in [-0.4, -0.2) is 21.1 Å². The van der Waals surface area contributed by atoms with Gasteiger partial charge in [0.05, 0.1) is 5.52 Å². The lowest BCUT2D eigenvalue weighted by atomic mass is 10.1. The molecular weight excluding hydrogens is 224 g/mol. The van der Waals surface area contributed by atoms with Gasteiger partial charge >= 0.3 is 0 Å². The summed E-state index contributed by atoms with van der Waals surface area (Å²) in [5.74, 6) is 0.996. The first-order valence-corrected chi connectivity index (χ1v) is 6.23. The van der Waals surface area contributed by atoms with Crippen LogP contribution in [0.1, 0.15) is 17.8 Å². The van der Waals surface area contributed by atoms with Gasteiger partial charge in [0.25, 0.3) is 0 Å². The molecule has 4 nitrogen and oxygen atoms in total. The number of fused-ring (bicyclic) bond motifs is 3. The Morgan fingerprint density at radius 3 is 2.89 bits per heavy atom. The highest BCUT2D eigenvalue weighted by molar-refractivity contribution is 5.84. The number of nitrogens with zero attached hydrogens (tertiary/aromatic N) is 3. The molecule has 0 bridgehead atoms. The highest BCUT2D eigenvalue weighted by Gasteiger charge is 2.09. The Morgan fingerprint density at radius 1 is 1.17 bits per heavy atom. The second kappa shape index (κ2) is 4.38. The third-order valence-corrected chi connectivity index (χ3v) is 3.26. The molecule has 0 aliphatic carbocycles. The van der Waals surface area contributed by atoms with Gasteiger partial charge in [-0.05, 0) is 43.0 Å². The lowest BCUT2D eigenvalue weighted by Crippen LogP contribution is -2.04. The van der Waals surface area contributed by atoms with Gasteiger partial charge in [0.1, 0.15) is 5.82 Å².